The van der Waals surface area contributed by atoms with Crippen molar-refractivity contribution in [3.63, 3.8) is 0 Å². The van der Waals surface area contributed by atoms with Crippen LogP contribution >= 0.6 is 24.0 Å². The first-order valence-electron chi connectivity index (χ1n) is 9.60. The van der Waals surface area contributed by atoms with Crippen LogP contribution in [0.1, 0.15) is 37.3 Å². The number of halogens is 1. The minimum Gasteiger partial charge on any atom is -0.493 e. The number of amides is 1. The summed E-state index contributed by atoms with van der Waals surface area (Å²) in [4.78, 5) is 16.1. The van der Waals surface area contributed by atoms with Crippen molar-refractivity contribution in [2.75, 3.05) is 32.8 Å². The molecule has 0 aliphatic heterocycles. The molecule has 3 N–H and O–H groups in total. The third-order valence-corrected chi connectivity index (χ3v) is 4.24. The van der Waals surface area contributed by atoms with E-state index in [9.17, 15) is 4.79 Å². The molecular weight excluding hydrogens is 455 g/mol. The Labute approximate surface area is 179 Å². The Hall–Kier alpha value is -1.51. The van der Waals surface area contributed by atoms with Crippen molar-refractivity contribution in [1.82, 2.24) is 16.0 Å². The Morgan fingerprint density at radius 3 is 2.44 bits per heavy atom. The van der Waals surface area contributed by atoms with Crippen LogP contribution in [0.5, 0.6) is 5.75 Å². The average Bonchev–Trinajstić information content (AvgIpc) is 3.45. The molecule has 1 amide bonds. The van der Waals surface area contributed by atoms with E-state index in [1.165, 1.54) is 0 Å². The van der Waals surface area contributed by atoms with E-state index in [0.717, 1.165) is 48.6 Å². The number of nitrogens with one attached hydrogen (secondary N) is 3. The molecule has 0 spiro atoms. The lowest BCUT2D eigenvalue weighted by molar-refractivity contribution is -0.122. The topological polar surface area (TPSA) is 74.8 Å². The summed E-state index contributed by atoms with van der Waals surface area (Å²) >= 11 is 0. The van der Waals surface area contributed by atoms with Gasteiger partial charge in [0.1, 0.15) is 5.75 Å². The highest BCUT2D eigenvalue weighted by atomic mass is 127. The molecule has 1 fully saturated rings. The van der Waals surface area contributed by atoms with E-state index in [4.69, 9.17) is 4.74 Å². The van der Waals surface area contributed by atoms with Gasteiger partial charge in [0.05, 0.1) is 6.61 Å². The van der Waals surface area contributed by atoms with E-state index in [0.29, 0.717) is 26.2 Å². The Balaban J connectivity index is 0.00000364. The highest BCUT2D eigenvalue weighted by Gasteiger charge is 2.28. The van der Waals surface area contributed by atoms with Crippen molar-refractivity contribution in [3.8, 4) is 5.75 Å². The Bertz CT molecular complexity index is 598. The molecule has 0 atom stereocenters. The van der Waals surface area contributed by atoms with Crippen LogP contribution in [0.3, 0.4) is 0 Å². The maximum absolute atomic E-state index is 11.6. The molecule has 6 nitrogen and oxygen atoms in total. The van der Waals surface area contributed by atoms with E-state index >= 15 is 0 Å². The predicted molar refractivity (Wildman–Crippen MR) is 121 cm³/mol. The van der Waals surface area contributed by atoms with E-state index in [1.54, 1.807) is 0 Å². The monoisotopic (exact) mass is 488 g/mol. The second-order valence-corrected chi connectivity index (χ2v) is 6.68. The number of rotatable bonds is 10. The van der Waals surface area contributed by atoms with Crippen LogP contribution in [0, 0.1) is 19.8 Å². The van der Waals surface area contributed by atoms with Gasteiger partial charge < -0.3 is 20.7 Å². The van der Waals surface area contributed by atoms with Gasteiger partial charge >= 0.3 is 0 Å². The molecule has 2 rings (SSSR count). The number of aryl methyl sites for hydroxylation is 2. The first kappa shape index (κ1) is 23.5. The molecule has 7 heteroatoms. The van der Waals surface area contributed by atoms with Crippen molar-refractivity contribution in [2.45, 2.75) is 40.0 Å². The number of aliphatic imine (C=N–C) groups is 1. The average molecular weight is 488 g/mol. The first-order chi connectivity index (χ1) is 12.6. The molecule has 152 valence electrons. The van der Waals surface area contributed by atoms with Gasteiger partial charge in [-0.05, 0) is 44.7 Å². The Morgan fingerprint density at radius 1 is 1.15 bits per heavy atom. The predicted octanol–water partition coefficient (Wildman–Crippen LogP) is 2.77. The Morgan fingerprint density at radius 2 is 1.81 bits per heavy atom. The number of para-hydroxylation sites is 1. The summed E-state index contributed by atoms with van der Waals surface area (Å²) in [5.74, 6) is 2.19. The normalized spacial score (nSPS) is 13.5. The minimum absolute atomic E-state index is 0. The van der Waals surface area contributed by atoms with Crippen molar-refractivity contribution >= 4 is 35.8 Å². The number of ether oxygens (including phenoxy) is 1. The van der Waals surface area contributed by atoms with Gasteiger partial charge in [-0.1, -0.05) is 18.2 Å². The zero-order chi connectivity index (χ0) is 18.8. The van der Waals surface area contributed by atoms with Gasteiger partial charge in [-0.15, -0.1) is 24.0 Å². The molecule has 0 bridgehead atoms. The molecule has 1 aliphatic carbocycles. The van der Waals surface area contributed by atoms with E-state index in [1.807, 2.05) is 13.0 Å². The summed E-state index contributed by atoms with van der Waals surface area (Å²) in [6.07, 6.45) is 2.92. The summed E-state index contributed by atoms with van der Waals surface area (Å²) in [5, 5.41) is 9.41. The standard InChI is InChI=1S/C20H32N4O2.HI/c1-4-21-20(24-13-12-22-19(25)17-9-10-17)23-11-6-14-26-18-15(2)7-5-8-16(18)3;/h5,7-8,17H,4,6,9-14H2,1-3H3,(H,22,25)(H2,21,23,24);1H. The van der Waals surface area contributed by atoms with Crippen LogP contribution in [-0.2, 0) is 4.79 Å². The summed E-state index contributed by atoms with van der Waals surface area (Å²) in [6.45, 7) is 9.60. The van der Waals surface area contributed by atoms with Crippen LogP contribution in [0.2, 0.25) is 0 Å². The lowest BCUT2D eigenvalue weighted by Crippen LogP contribution is -2.41. The fourth-order valence-corrected chi connectivity index (χ4v) is 2.65. The maximum Gasteiger partial charge on any atom is 0.223 e. The number of carbonyl (C=O) groups is 1. The minimum atomic E-state index is 0. The van der Waals surface area contributed by atoms with Crippen molar-refractivity contribution in [2.24, 2.45) is 10.9 Å². The van der Waals surface area contributed by atoms with Gasteiger partial charge in [-0.2, -0.15) is 0 Å². The van der Waals surface area contributed by atoms with Gasteiger partial charge in [0, 0.05) is 38.5 Å². The van der Waals surface area contributed by atoms with E-state index in [2.05, 4.69) is 46.9 Å². The molecule has 0 unspecified atom stereocenters. The number of hydrogen-bond acceptors (Lipinski definition) is 3. The SMILES string of the molecule is CCNC(=NCCCOc1c(C)cccc1C)NCCNC(=O)C1CC1.I. The van der Waals surface area contributed by atoms with Crippen LogP contribution in [0.25, 0.3) is 0 Å². The van der Waals surface area contributed by atoms with Crippen LogP contribution < -0.4 is 20.7 Å². The molecule has 0 saturated heterocycles. The first-order valence-corrected chi connectivity index (χ1v) is 9.60. The lowest BCUT2D eigenvalue weighted by Gasteiger charge is -2.13. The molecule has 1 saturated carbocycles. The summed E-state index contributed by atoms with van der Waals surface area (Å²) < 4.78 is 5.90. The highest BCUT2D eigenvalue weighted by Crippen LogP contribution is 2.28. The zero-order valence-corrected chi connectivity index (χ0v) is 19.0. The number of benzene rings is 1. The molecule has 0 heterocycles. The second kappa shape index (κ2) is 12.8. The molecule has 0 aromatic heterocycles. The van der Waals surface area contributed by atoms with Crippen LogP contribution in [-0.4, -0.2) is 44.7 Å². The number of guanidine groups is 1. The molecule has 0 radical (unpaired) electrons. The third kappa shape index (κ3) is 8.81. The highest BCUT2D eigenvalue weighted by molar-refractivity contribution is 14.0. The van der Waals surface area contributed by atoms with Crippen molar-refractivity contribution in [1.29, 1.82) is 0 Å². The van der Waals surface area contributed by atoms with Crippen molar-refractivity contribution < 1.29 is 9.53 Å². The number of carbonyl (C=O) groups excluding carboxylic acids is 1. The largest absolute Gasteiger partial charge is 0.493 e. The van der Waals surface area contributed by atoms with E-state index in [-0.39, 0.29) is 35.8 Å². The third-order valence-electron chi connectivity index (χ3n) is 4.24. The number of nitrogens with zero attached hydrogens (tertiary/aromatic N) is 1. The number of hydrogen-bond donors (Lipinski definition) is 3. The van der Waals surface area contributed by atoms with Crippen LogP contribution in [0.4, 0.5) is 0 Å². The second-order valence-electron chi connectivity index (χ2n) is 6.68. The Kier molecular flexibility index (Phi) is 11.2. The fourth-order valence-electron chi connectivity index (χ4n) is 2.65. The smallest absolute Gasteiger partial charge is 0.223 e. The van der Waals surface area contributed by atoms with Gasteiger partial charge in [0.15, 0.2) is 5.96 Å². The van der Waals surface area contributed by atoms with Gasteiger partial charge in [0.2, 0.25) is 5.91 Å². The molecule has 1 aromatic carbocycles. The van der Waals surface area contributed by atoms with Gasteiger partial charge in [-0.3, -0.25) is 9.79 Å². The zero-order valence-electron chi connectivity index (χ0n) is 16.6. The van der Waals surface area contributed by atoms with Gasteiger partial charge in [-0.25, -0.2) is 0 Å². The lowest BCUT2D eigenvalue weighted by atomic mass is 10.1. The van der Waals surface area contributed by atoms with E-state index < -0.39 is 0 Å². The molecule has 1 aromatic rings. The molecule has 27 heavy (non-hydrogen) atoms. The summed E-state index contributed by atoms with van der Waals surface area (Å²) in [6, 6.07) is 6.18. The van der Waals surface area contributed by atoms with Crippen LogP contribution in [0.15, 0.2) is 23.2 Å². The summed E-state index contributed by atoms with van der Waals surface area (Å²) in [5.41, 5.74) is 2.33. The molecule has 1 aliphatic rings. The maximum atomic E-state index is 11.6. The fraction of sp³-hybridized carbons (Fsp3) is 0.600. The van der Waals surface area contributed by atoms with Crippen molar-refractivity contribution in [3.05, 3.63) is 29.3 Å². The summed E-state index contributed by atoms with van der Waals surface area (Å²) in [7, 11) is 0. The quantitative estimate of drug-likeness (QED) is 0.205. The van der Waals surface area contributed by atoms with Gasteiger partial charge in [0.25, 0.3) is 0 Å². The molecular formula is C20H33IN4O2.